The molecule has 25 heavy (non-hydrogen) atoms. The average Bonchev–Trinajstić information content (AvgIpc) is 3.12. The Balaban J connectivity index is 1.58. The summed E-state index contributed by atoms with van der Waals surface area (Å²) < 4.78 is 5.32. The summed E-state index contributed by atoms with van der Waals surface area (Å²) in [6.45, 7) is 0.658. The van der Waals surface area contributed by atoms with Gasteiger partial charge in [0.05, 0.1) is 0 Å². The predicted molar refractivity (Wildman–Crippen MR) is 92.0 cm³/mol. The second-order valence-electron chi connectivity index (χ2n) is 5.62. The lowest BCUT2D eigenvalue weighted by atomic mass is 10.2. The Morgan fingerprint density at radius 1 is 1.20 bits per heavy atom. The third-order valence-corrected chi connectivity index (χ3v) is 4.08. The van der Waals surface area contributed by atoms with Crippen LogP contribution >= 0.6 is 11.6 Å². The fraction of sp³-hybridized carbons (Fsp3) is 0.294. The van der Waals surface area contributed by atoms with Crippen molar-refractivity contribution in [2.45, 2.75) is 25.5 Å². The zero-order valence-electron chi connectivity index (χ0n) is 13.4. The summed E-state index contributed by atoms with van der Waals surface area (Å²) in [6, 6.07) is 11.9. The highest BCUT2D eigenvalue weighted by Crippen LogP contribution is 2.20. The van der Waals surface area contributed by atoms with E-state index in [9.17, 15) is 9.59 Å². The first kappa shape index (κ1) is 17.2. The van der Waals surface area contributed by atoms with Gasteiger partial charge in [0.25, 0.3) is 0 Å². The molecule has 1 saturated heterocycles. The molecule has 0 radical (unpaired) electrons. The molecule has 130 valence electrons. The van der Waals surface area contributed by atoms with Gasteiger partial charge in [-0.3, -0.25) is 9.69 Å². The number of benzene rings is 1. The van der Waals surface area contributed by atoms with Gasteiger partial charge in [0, 0.05) is 6.54 Å². The van der Waals surface area contributed by atoms with Crippen LogP contribution in [0.15, 0.2) is 42.5 Å². The van der Waals surface area contributed by atoms with Gasteiger partial charge >= 0.3 is 6.09 Å². The maximum atomic E-state index is 12.4. The molecule has 1 atom stereocenters. The van der Waals surface area contributed by atoms with Crippen molar-refractivity contribution in [3.8, 4) is 0 Å². The lowest BCUT2D eigenvalue weighted by molar-refractivity contribution is -0.120. The molecule has 0 bridgehead atoms. The fourth-order valence-corrected chi connectivity index (χ4v) is 2.75. The van der Waals surface area contributed by atoms with Crippen LogP contribution in [-0.2, 0) is 16.1 Å². The summed E-state index contributed by atoms with van der Waals surface area (Å²) in [5, 5.41) is 10.3. The van der Waals surface area contributed by atoms with E-state index in [1.165, 1.54) is 11.0 Å². The largest absolute Gasteiger partial charge is 0.445 e. The molecular formula is C17H17ClN4O3. The van der Waals surface area contributed by atoms with Gasteiger partial charge in [-0.2, -0.15) is 0 Å². The van der Waals surface area contributed by atoms with Gasteiger partial charge in [-0.25, -0.2) is 4.79 Å². The monoisotopic (exact) mass is 360 g/mol. The molecule has 3 rings (SSSR count). The molecule has 8 heteroatoms. The zero-order valence-corrected chi connectivity index (χ0v) is 14.1. The van der Waals surface area contributed by atoms with Crippen LogP contribution in [0.1, 0.15) is 18.4 Å². The van der Waals surface area contributed by atoms with Crippen LogP contribution in [0.3, 0.4) is 0 Å². The molecule has 1 aliphatic rings. The van der Waals surface area contributed by atoms with Crippen LogP contribution < -0.4 is 5.32 Å². The van der Waals surface area contributed by atoms with Crippen LogP contribution in [0.25, 0.3) is 0 Å². The zero-order chi connectivity index (χ0) is 17.6. The molecule has 1 aliphatic heterocycles. The second kappa shape index (κ2) is 7.94. The predicted octanol–water partition coefficient (Wildman–Crippen LogP) is 2.87. The van der Waals surface area contributed by atoms with Crippen LogP contribution in [0.5, 0.6) is 0 Å². The molecule has 1 fully saturated rings. The van der Waals surface area contributed by atoms with E-state index in [0.29, 0.717) is 18.8 Å². The molecule has 1 N–H and O–H groups in total. The Hall–Kier alpha value is -2.67. The van der Waals surface area contributed by atoms with Crippen molar-refractivity contribution in [3.63, 3.8) is 0 Å². The SMILES string of the molecule is O=C(Nc1ccc(Cl)nn1)[C@@H]1CCCN1C(=O)OCc1ccccc1. The number of hydrogen-bond acceptors (Lipinski definition) is 5. The first-order chi connectivity index (χ1) is 12.1. The van der Waals surface area contributed by atoms with Crippen LogP contribution in [0, 0.1) is 0 Å². The van der Waals surface area contributed by atoms with Gasteiger partial charge in [-0.05, 0) is 30.5 Å². The Morgan fingerprint density at radius 2 is 2.00 bits per heavy atom. The highest BCUT2D eigenvalue weighted by atomic mass is 35.5. The number of nitrogens with one attached hydrogen (secondary N) is 1. The molecule has 0 aliphatic carbocycles. The molecule has 1 aromatic carbocycles. The van der Waals surface area contributed by atoms with E-state index in [4.69, 9.17) is 16.3 Å². The Morgan fingerprint density at radius 3 is 2.72 bits per heavy atom. The number of anilines is 1. The molecule has 0 saturated carbocycles. The van der Waals surface area contributed by atoms with E-state index in [1.807, 2.05) is 30.3 Å². The molecule has 2 aromatic rings. The first-order valence-corrected chi connectivity index (χ1v) is 8.29. The molecule has 1 aromatic heterocycles. The van der Waals surface area contributed by atoms with Crippen molar-refractivity contribution in [2.24, 2.45) is 0 Å². The first-order valence-electron chi connectivity index (χ1n) is 7.91. The Bertz CT molecular complexity index is 739. The molecule has 0 unspecified atom stereocenters. The van der Waals surface area contributed by atoms with Gasteiger partial charge in [-0.1, -0.05) is 41.9 Å². The molecule has 7 nitrogen and oxygen atoms in total. The van der Waals surface area contributed by atoms with Crippen LogP contribution in [0.2, 0.25) is 5.15 Å². The van der Waals surface area contributed by atoms with Crippen molar-refractivity contribution >= 4 is 29.4 Å². The molecule has 2 heterocycles. The van der Waals surface area contributed by atoms with Gasteiger partial charge in [0.15, 0.2) is 11.0 Å². The molecule has 0 spiro atoms. The minimum Gasteiger partial charge on any atom is -0.445 e. The molecule has 2 amide bonds. The number of likely N-dealkylation sites (tertiary alicyclic amines) is 1. The number of aromatic nitrogens is 2. The van der Waals surface area contributed by atoms with E-state index < -0.39 is 12.1 Å². The number of amides is 2. The van der Waals surface area contributed by atoms with E-state index in [1.54, 1.807) is 6.07 Å². The van der Waals surface area contributed by atoms with E-state index in [-0.39, 0.29) is 17.7 Å². The van der Waals surface area contributed by atoms with E-state index in [0.717, 1.165) is 12.0 Å². The average molecular weight is 361 g/mol. The number of halogens is 1. The van der Waals surface area contributed by atoms with Crippen LogP contribution in [0.4, 0.5) is 10.6 Å². The summed E-state index contributed by atoms with van der Waals surface area (Å²) in [6.07, 6.45) is 0.821. The van der Waals surface area contributed by atoms with Crippen molar-refractivity contribution in [1.82, 2.24) is 15.1 Å². The van der Waals surface area contributed by atoms with Crippen LogP contribution in [-0.4, -0.2) is 39.7 Å². The maximum Gasteiger partial charge on any atom is 0.410 e. The number of ether oxygens (including phenoxy) is 1. The van der Waals surface area contributed by atoms with E-state index in [2.05, 4.69) is 15.5 Å². The summed E-state index contributed by atoms with van der Waals surface area (Å²) in [5.74, 6) is -0.0234. The smallest absolute Gasteiger partial charge is 0.410 e. The normalized spacial score (nSPS) is 16.5. The number of rotatable bonds is 4. The highest BCUT2D eigenvalue weighted by Gasteiger charge is 2.35. The number of nitrogens with zero attached hydrogens (tertiary/aromatic N) is 3. The minimum absolute atomic E-state index is 0.174. The standard InChI is InChI=1S/C17H17ClN4O3/c18-14-8-9-15(21-20-14)19-16(23)13-7-4-10-22(13)17(24)25-11-12-5-2-1-3-6-12/h1-3,5-6,8-9,13H,4,7,10-11H2,(H,19,21,23)/t13-/m0/s1. The number of carbonyl (C=O) groups excluding carboxylic acids is 2. The fourth-order valence-electron chi connectivity index (χ4n) is 2.65. The summed E-state index contributed by atoms with van der Waals surface area (Å²) in [7, 11) is 0. The summed E-state index contributed by atoms with van der Waals surface area (Å²) in [4.78, 5) is 26.2. The lowest BCUT2D eigenvalue weighted by Gasteiger charge is -2.23. The van der Waals surface area contributed by atoms with Gasteiger partial charge in [0.1, 0.15) is 12.6 Å². The van der Waals surface area contributed by atoms with Crippen molar-refractivity contribution in [3.05, 3.63) is 53.2 Å². The number of hydrogen-bond donors (Lipinski definition) is 1. The van der Waals surface area contributed by atoms with Gasteiger partial charge in [0.2, 0.25) is 5.91 Å². The second-order valence-corrected chi connectivity index (χ2v) is 6.01. The highest BCUT2D eigenvalue weighted by molar-refractivity contribution is 6.29. The quantitative estimate of drug-likeness (QED) is 0.906. The maximum absolute atomic E-state index is 12.4. The lowest BCUT2D eigenvalue weighted by Crippen LogP contribution is -2.43. The molecular weight excluding hydrogens is 344 g/mol. The summed E-state index contributed by atoms with van der Waals surface area (Å²) in [5.41, 5.74) is 0.896. The topological polar surface area (TPSA) is 84.4 Å². The summed E-state index contributed by atoms with van der Waals surface area (Å²) >= 11 is 5.67. The Labute approximate surface area is 149 Å². The van der Waals surface area contributed by atoms with E-state index >= 15 is 0 Å². The minimum atomic E-state index is -0.583. The van der Waals surface area contributed by atoms with Gasteiger partial charge < -0.3 is 10.1 Å². The van der Waals surface area contributed by atoms with Crippen molar-refractivity contribution in [2.75, 3.05) is 11.9 Å². The third-order valence-electron chi connectivity index (χ3n) is 3.88. The van der Waals surface area contributed by atoms with Crippen molar-refractivity contribution < 1.29 is 14.3 Å². The van der Waals surface area contributed by atoms with Gasteiger partial charge in [-0.15, -0.1) is 10.2 Å². The van der Waals surface area contributed by atoms with Crippen molar-refractivity contribution in [1.29, 1.82) is 0 Å². The Kier molecular flexibility index (Phi) is 5.45. The third kappa shape index (κ3) is 4.45. The number of carbonyl (C=O) groups is 2.